The third kappa shape index (κ3) is 5.25. The molecule has 0 saturated carbocycles. The Morgan fingerprint density at radius 2 is 2.10 bits per heavy atom. The number of aryl methyl sites for hydroxylation is 1. The average Bonchev–Trinajstić information content (AvgIpc) is 3.20. The van der Waals surface area contributed by atoms with Crippen molar-refractivity contribution in [1.29, 1.82) is 0 Å². The van der Waals surface area contributed by atoms with Crippen LogP contribution < -0.4 is 15.5 Å². The molecule has 158 valence electrons. The van der Waals surface area contributed by atoms with E-state index in [1.807, 2.05) is 18.7 Å². The van der Waals surface area contributed by atoms with Gasteiger partial charge in [-0.2, -0.15) is 10.2 Å². The molecule has 1 fully saturated rings. The second-order valence-electron chi connectivity index (χ2n) is 7.34. The number of anilines is 2. The number of amides is 2. The molecular formula is C18H27N7O4. The summed E-state index contributed by atoms with van der Waals surface area (Å²) < 4.78 is 11.7. The minimum absolute atomic E-state index is 0.0518. The van der Waals surface area contributed by atoms with Gasteiger partial charge in [0.1, 0.15) is 11.5 Å². The monoisotopic (exact) mass is 405 g/mol. The number of aromatic amines is 1. The maximum Gasteiger partial charge on any atom is 0.407 e. The molecule has 0 radical (unpaired) electrons. The Bertz CT molecular complexity index is 854. The fraction of sp³-hybridized carbons (Fsp3) is 0.556. The molecule has 3 heterocycles. The second-order valence-corrected chi connectivity index (χ2v) is 7.34. The smallest absolute Gasteiger partial charge is 0.407 e. The van der Waals surface area contributed by atoms with Crippen LogP contribution in [0.3, 0.4) is 0 Å². The van der Waals surface area contributed by atoms with Crippen LogP contribution in [0.2, 0.25) is 0 Å². The predicted molar refractivity (Wildman–Crippen MR) is 106 cm³/mol. The van der Waals surface area contributed by atoms with Crippen molar-refractivity contribution in [2.24, 2.45) is 13.0 Å². The average molecular weight is 405 g/mol. The molecule has 0 aromatic carbocycles. The van der Waals surface area contributed by atoms with Gasteiger partial charge in [-0.1, -0.05) is 0 Å². The van der Waals surface area contributed by atoms with Crippen LogP contribution in [-0.4, -0.2) is 64.8 Å². The van der Waals surface area contributed by atoms with E-state index in [-0.39, 0.29) is 17.9 Å². The zero-order chi connectivity index (χ0) is 21.0. The Morgan fingerprint density at radius 3 is 2.79 bits per heavy atom. The second kappa shape index (κ2) is 8.95. The minimum Gasteiger partial charge on any atom is -0.449 e. The summed E-state index contributed by atoms with van der Waals surface area (Å²) in [6, 6.07) is 3.51. The van der Waals surface area contributed by atoms with E-state index in [2.05, 4.69) is 25.9 Å². The number of carbonyl (C=O) groups is 2. The Balaban J connectivity index is 1.47. The first-order valence-corrected chi connectivity index (χ1v) is 9.42. The number of alkyl carbamates (subject to hydrolysis) is 1. The topological polar surface area (TPSA) is 126 Å². The van der Waals surface area contributed by atoms with Crippen LogP contribution in [-0.2, 0) is 23.1 Å². The van der Waals surface area contributed by atoms with Gasteiger partial charge in [-0.3, -0.25) is 14.6 Å². The number of nitrogens with zero attached hydrogens (tertiary/aromatic N) is 4. The van der Waals surface area contributed by atoms with Crippen LogP contribution in [0.5, 0.6) is 0 Å². The number of carbonyl (C=O) groups excluding carboxylic acids is 2. The van der Waals surface area contributed by atoms with E-state index in [9.17, 15) is 9.59 Å². The molecule has 11 nitrogen and oxygen atoms in total. The van der Waals surface area contributed by atoms with Crippen molar-refractivity contribution in [3.8, 4) is 0 Å². The van der Waals surface area contributed by atoms with E-state index in [0.29, 0.717) is 30.4 Å². The molecule has 2 aromatic heterocycles. The lowest BCUT2D eigenvalue weighted by molar-refractivity contribution is 0.101. The highest BCUT2D eigenvalue weighted by Gasteiger charge is 2.30. The molecule has 1 saturated heterocycles. The van der Waals surface area contributed by atoms with Crippen molar-refractivity contribution in [3.63, 3.8) is 0 Å². The maximum atomic E-state index is 12.5. The first-order chi connectivity index (χ1) is 13.9. The van der Waals surface area contributed by atoms with Crippen molar-refractivity contribution < 1.29 is 19.1 Å². The van der Waals surface area contributed by atoms with Gasteiger partial charge in [-0.05, 0) is 19.9 Å². The van der Waals surface area contributed by atoms with Crippen molar-refractivity contribution in [2.45, 2.75) is 26.5 Å². The number of aromatic nitrogens is 4. The number of H-pyrrole nitrogens is 1. The van der Waals surface area contributed by atoms with E-state index >= 15 is 0 Å². The molecule has 0 atom stereocenters. The molecule has 2 aromatic rings. The highest BCUT2D eigenvalue weighted by molar-refractivity contribution is 6.02. The van der Waals surface area contributed by atoms with Crippen LogP contribution in [0.15, 0.2) is 12.1 Å². The lowest BCUT2D eigenvalue weighted by atomic mass is 10.0. The SMILES string of the molecule is COCc1cc(C(=O)Nc2cc(N3CC(COC(=O)NC(C)C)C3)n[nH]2)n(C)n1. The van der Waals surface area contributed by atoms with Crippen molar-refractivity contribution in [3.05, 3.63) is 23.5 Å². The minimum atomic E-state index is -0.396. The highest BCUT2D eigenvalue weighted by atomic mass is 16.5. The van der Waals surface area contributed by atoms with E-state index < -0.39 is 6.09 Å². The summed E-state index contributed by atoms with van der Waals surface area (Å²) in [6.07, 6.45) is -0.396. The van der Waals surface area contributed by atoms with Gasteiger partial charge in [-0.25, -0.2) is 4.79 Å². The van der Waals surface area contributed by atoms with Gasteiger partial charge < -0.3 is 25.0 Å². The van der Waals surface area contributed by atoms with Gasteiger partial charge in [0.05, 0.1) is 18.9 Å². The van der Waals surface area contributed by atoms with E-state index in [0.717, 1.165) is 18.9 Å². The highest BCUT2D eigenvalue weighted by Crippen LogP contribution is 2.25. The lowest BCUT2D eigenvalue weighted by Crippen LogP contribution is -2.49. The molecule has 29 heavy (non-hydrogen) atoms. The largest absolute Gasteiger partial charge is 0.449 e. The van der Waals surface area contributed by atoms with Gasteiger partial charge in [-0.15, -0.1) is 0 Å². The molecule has 1 aliphatic heterocycles. The van der Waals surface area contributed by atoms with E-state index in [4.69, 9.17) is 9.47 Å². The number of hydrogen-bond donors (Lipinski definition) is 3. The Kier molecular flexibility index (Phi) is 6.37. The lowest BCUT2D eigenvalue weighted by Gasteiger charge is -2.38. The first-order valence-electron chi connectivity index (χ1n) is 9.42. The third-order valence-corrected chi connectivity index (χ3v) is 4.41. The van der Waals surface area contributed by atoms with Crippen molar-refractivity contribution in [1.82, 2.24) is 25.3 Å². The fourth-order valence-corrected chi connectivity index (χ4v) is 3.01. The van der Waals surface area contributed by atoms with Gasteiger partial charge in [0, 0.05) is 45.3 Å². The number of rotatable bonds is 8. The van der Waals surface area contributed by atoms with Gasteiger partial charge >= 0.3 is 6.09 Å². The molecule has 11 heteroatoms. The molecule has 3 N–H and O–H groups in total. The van der Waals surface area contributed by atoms with Crippen molar-refractivity contribution in [2.75, 3.05) is 37.0 Å². The number of hydrogen-bond acceptors (Lipinski definition) is 7. The molecule has 0 spiro atoms. The Labute approximate surface area is 168 Å². The normalized spacial score (nSPS) is 14.0. The summed E-state index contributed by atoms with van der Waals surface area (Å²) in [5, 5.41) is 16.8. The summed E-state index contributed by atoms with van der Waals surface area (Å²) in [5.74, 6) is 1.20. The zero-order valence-electron chi connectivity index (χ0n) is 17.1. The van der Waals surface area contributed by atoms with Crippen molar-refractivity contribution >= 4 is 23.6 Å². The summed E-state index contributed by atoms with van der Waals surface area (Å²) in [6.45, 7) is 5.94. The van der Waals surface area contributed by atoms with Crippen LogP contribution >= 0.6 is 0 Å². The molecule has 2 amide bonds. The van der Waals surface area contributed by atoms with Gasteiger partial charge in [0.25, 0.3) is 5.91 Å². The summed E-state index contributed by atoms with van der Waals surface area (Å²) in [4.78, 5) is 26.0. The molecule has 0 bridgehead atoms. The van der Waals surface area contributed by atoms with Crippen LogP contribution in [0.4, 0.5) is 16.4 Å². The molecule has 3 rings (SSSR count). The molecule has 0 unspecified atom stereocenters. The van der Waals surface area contributed by atoms with E-state index in [1.165, 1.54) is 4.68 Å². The quantitative estimate of drug-likeness (QED) is 0.600. The summed E-state index contributed by atoms with van der Waals surface area (Å²) >= 11 is 0. The number of methoxy groups -OCH3 is 1. The Morgan fingerprint density at radius 1 is 1.34 bits per heavy atom. The van der Waals surface area contributed by atoms with Crippen LogP contribution in [0, 0.1) is 5.92 Å². The van der Waals surface area contributed by atoms with Crippen LogP contribution in [0.25, 0.3) is 0 Å². The summed E-state index contributed by atoms with van der Waals surface area (Å²) in [7, 11) is 3.28. The molecule has 1 aliphatic rings. The molecule has 0 aliphatic carbocycles. The predicted octanol–water partition coefficient (Wildman–Crippen LogP) is 1.11. The standard InChI is InChI=1S/C18H27N7O4/c1-11(2)19-18(27)29-9-12-7-25(8-12)16-6-15(21-22-16)20-17(26)14-5-13(10-28-4)23-24(14)3/h5-6,11-12H,7-10H2,1-4H3,(H,19,27)(H2,20,21,22,26). The molecular weight excluding hydrogens is 378 g/mol. The third-order valence-electron chi connectivity index (χ3n) is 4.41. The first kappa shape index (κ1) is 20.6. The number of ether oxygens (including phenoxy) is 2. The maximum absolute atomic E-state index is 12.5. The number of nitrogens with one attached hydrogen (secondary N) is 3. The Hall–Kier alpha value is -3.08. The fourth-order valence-electron chi connectivity index (χ4n) is 3.01. The van der Waals surface area contributed by atoms with Gasteiger partial charge in [0.2, 0.25) is 0 Å². The van der Waals surface area contributed by atoms with Crippen LogP contribution in [0.1, 0.15) is 30.0 Å². The zero-order valence-corrected chi connectivity index (χ0v) is 17.1. The van der Waals surface area contributed by atoms with E-state index in [1.54, 1.807) is 26.3 Å². The summed E-state index contributed by atoms with van der Waals surface area (Å²) in [5.41, 5.74) is 1.11. The van der Waals surface area contributed by atoms with Gasteiger partial charge in [0.15, 0.2) is 5.82 Å².